The Labute approximate surface area is 131 Å². The Hall–Kier alpha value is -1.77. The lowest BCUT2D eigenvalue weighted by Crippen LogP contribution is -2.08. The molecule has 0 saturated carbocycles. The highest BCUT2D eigenvalue weighted by Crippen LogP contribution is 2.31. The van der Waals surface area contributed by atoms with Gasteiger partial charge in [-0.3, -0.25) is 0 Å². The molecule has 110 valence electrons. The molecule has 0 aliphatic rings. The highest BCUT2D eigenvalue weighted by molar-refractivity contribution is 6.08. The molecule has 3 aromatic rings. The van der Waals surface area contributed by atoms with E-state index in [1.54, 1.807) is 0 Å². The molecule has 3 heteroatoms. The Morgan fingerprint density at radius 3 is 2.57 bits per heavy atom. The molecule has 0 amide bonds. The normalized spacial score (nSPS) is 12.3. The molecule has 1 aromatic heterocycles. The predicted molar refractivity (Wildman–Crippen MR) is 94.1 cm³/mol. The number of aryl methyl sites for hydroxylation is 1. The molecule has 0 saturated heterocycles. The standard InChI is InChI=1S/C18H20N2.ClH/c1-3-7-16(19)13-10-11-18-15(12-13)14-8-5-6-9-17(14)20(18)4-2;/h3,5-6,8-12,16H,1,4,7,19H2,2H3;1H/t16-;/m1./s1. The number of nitrogens with two attached hydrogens (primary N) is 1. The first-order valence-electron chi connectivity index (χ1n) is 7.13. The molecule has 21 heavy (non-hydrogen) atoms. The number of nitrogens with zero attached hydrogens (tertiary/aromatic N) is 1. The van der Waals surface area contributed by atoms with E-state index in [1.165, 1.54) is 27.4 Å². The van der Waals surface area contributed by atoms with Crippen molar-refractivity contribution in [3.63, 3.8) is 0 Å². The van der Waals surface area contributed by atoms with Crippen LogP contribution in [0.5, 0.6) is 0 Å². The second-order valence-corrected chi connectivity index (χ2v) is 5.17. The SMILES string of the molecule is C=CC[C@@H](N)c1ccc2c(c1)c1ccccc1n2CC.Cl. The van der Waals surface area contributed by atoms with E-state index in [4.69, 9.17) is 5.73 Å². The molecule has 0 aliphatic carbocycles. The van der Waals surface area contributed by atoms with Crippen LogP contribution < -0.4 is 5.73 Å². The van der Waals surface area contributed by atoms with Crippen LogP contribution in [0.25, 0.3) is 21.8 Å². The largest absolute Gasteiger partial charge is 0.341 e. The van der Waals surface area contributed by atoms with Crippen molar-refractivity contribution in [2.24, 2.45) is 5.73 Å². The summed E-state index contributed by atoms with van der Waals surface area (Å²) in [6.45, 7) is 6.93. The minimum absolute atomic E-state index is 0. The van der Waals surface area contributed by atoms with Crippen molar-refractivity contribution in [2.75, 3.05) is 0 Å². The van der Waals surface area contributed by atoms with E-state index in [0.29, 0.717) is 0 Å². The quantitative estimate of drug-likeness (QED) is 0.689. The van der Waals surface area contributed by atoms with Crippen molar-refractivity contribution in [2.45, 2.75) is 25.9 Å². The molecule has 0 spiro atoms. The van der Waals surface area contributed by atoms with Gasteiger partial charge in [0.15, 0.2) is 0 Å². The van der Waals surface area contributed by atoms with Crippen LogP contribution in [0, 0.1) is 0 Å². The first-order valence-corrected chi connectivity index (χ1v) is 7.13. The Bertz CT molecular complexity index is 773. The van der Waals surface area contributed by atoms with Gasteiger partial charge in [0.2, 0.25) is 0 Å². The zero-order valence-corrected chi connectivity index (χ0v) is 13.1. The topological polar surface area (TPSA) is 30.9 Å². The van der Waals surface area contributed by atoms with E-state index in [-0.39, 0.29) is 18.4 Å². The van der Waals surface area contributed by atoms with E-state index >= 15 is 0 Å². The number of hydrogen-bond acceptors (Lipinski definition) is 1. The Morgan fingerprint density at radius 2 is 1.86 bits per heavy atom. The third-order valence-electron chi connectivity index (χ3n) is 3.96. The van der Waals surface area contributed by atoms with Gasteiger partial charge in [0, 0.05) is 34.4 Å². The molecule has 2 N–H and O–H groups in total. The summed E-state index contributed by atoms with van der Waals surface area (Å²) in [4.78, 5) is 0. The van der Waals surface area contributed by atoms with E-state index in [1.807, 2.05) is 6.08 Å². The maximum absolute atomic E-state index is 6.20. The number of hydrogen-bond donors (Lipinski definition) is 1. The fraction of sp³-hybridized carbons (Fsp3) is 0.222. The van der Waals surface area contributed by atoms with Gasteiger partial charge in [-0.25, -0.2) is 0 Å². The van der Waals surface area contributed by atoms with Gasteiger partial charge >= 0.3 is 0 Å². The summed E-state index contributed by atoms with van der Waals surface area (Å²) in [6.07, 6.45) is 2.68. The number of aromatic nitrogens is 1. The van der Waals surface area contributed by atoms with Gasteiger partial charge in [0.05, 0.1) is 0 Å². The zero-order chi connectivity index (χ0) is 14.1. The molecule has 0 bridgehead atoms. The van der Waals surface area contributed by atoms with Gasteiger partial charge in [0.1, 0.15) is 0 Å². The minimum atomic E-state index is 0. The van der Waals surface area contributed by atoms with E-state index in [2.05, 4.69) is 60.5 Å². The highest BCUT2D eigenvalue weighted by Gasteiger charge is 2.11. The van der Waals surface area contributed by atoms with Crippen LogP contribution in [0.1, 0.15) is 24.9 Å². The fourth-order valence-corrected chi connectivity index (χ4v) is 2.96. The summed E-state index contributed by atoms with van der Waals surface area (Å²) in [5.74, 6) is 0. The minimum Gasteiger partial charge on any atom is -0.341 e. The van der Waals surface area contributed by atoms with Crippen molar-refractivity contribution in [1.82, 2.24) is 4.57 Å². The molecule has 0 fully saturated rings. The van der Waals surface area contributed by atoms with Crippen molar-refractivity contribution in [1.29, 1.82) is 0 Å². The van der Waals surface area contributed by atoms with Gasteiger partial charge in [-0.05, 0) is 37.1 Å². The second-order valence-electron chi connectivity index (χ2n) is 5.17. The second kappa shape index (κ2) is 6.33. The predicted octanol–water partition coefficient (Wildman–Crippen LogP) is 4.81. The third kappa shape index (κ3) is 2.57. The lowest BCUT2D eigenvalue weighted by Gasteiger charge is -2.10. The van der Waals surface area contributed by atoms with Crippen LogP contribution in [0.15, 0.2) is 55.1 Å². The lowest BCUT2D eigenvalue weighted by molar-refractivity contribution is 0.742. The summed E-state index contributed by atoms with van der Waals surface area (Å²) >= 11 is 0. The van der Waals surface area contributed by atoms with Gasteiger partial charge in [-0.15, -0.1) is 19.0 Å². The smallest absolute Gasteiger partial charge is 0.0491 e. The van der Waals surface area contributed by atoms with Crippen LogP contribution >= 0.6 is 12.4 Å². The molecular formula is C18H21ClN2. The van der Waals surface area contributed by atoms with Crippen LogP contribution in [0.2, 0.25) is 0 Å². The average molecular weight is 301 g/mol. The molecular weight excluding hydrogens is 280 g/mol. The summed E-state index contributed by atoms with van der Waals surface area (Å²) in [5, 5.41) is 2.59. The van der Waals surface area contributed by atoms with Gasteiger partial charge in [-0.1, -0.05) is 30.3 Å². The molecule has 3 rings (SSSR count). The summed E-state index contributed by atoms with van der Waals surface area (Å²) in [6, 6.07) is 15.2. The molecule has 2 aromatic carbocycles. The van der Waals surface area contributed by atoms with Gasteiger partial charge < -0.3 is 10.3 Å². The zero-order valence-electron chi connectivity index (χ0n) is 12.3. The Kier molecular flexibility index (Phi) is 4.71. The number of halogens is 1. The third-order valence-corrected chi connectivity index (χ3v) is 3.96. The molecule has 0 radical (unpaired) electrons. The van der Waals surface area contributed by atoms with E-state index in [9.17, 15) is 0 Å². The fourth-order valence-electron chi connectivity index (χ4n) is 2.96. The Morgan fingerprint density at radius 1 is 1.14 bits per heavy atom. The van der Waals surface area contributed by atoms with Gasteiger partial charge in [-0.2, -0.15) is 0 Å². The first-order chi connectivity index (χ1) is 9.76. The van der Waals surface area contributed by atoms with Crippen molar-refractivity contribution < 1.29 is 0 Å². The van der Waals surface area contributed by atoms with Crippen molar-refractivity contribution >= 4 is 34.2 Å². The average Bonchev–Trinajstić information content (AvgIpc) is 2.80. The highest BCUT2D eigenvalue weighted by atomic mass is 35.5. The molecule has 1 atom stereocenters. The van der Waals surface area contributed by atoms with Crippen LogP contribution in [-0.4, -0.2) is 4.57 Å². The monoisotopic (exact) mass is 300 g/mol. The lowest BCUT2D eigenvalue weighted by atomic mass is 10.0. The number of rotatable bonds is 4. The number of fused-ring (bicyclic) bond motifs is 3. The van der Waals surface area contributed by atoms with Crippen molar-refractivity contribution in [3.05, 3.63) is 60.7 Å². The molecule has 0 aliphatic heterocycles. The van der Waals surface area contributed by atoms with E-state index in [0.717, 1.165) is 13.0 Å². The molecule has 1 heterocycles. The summed E-state index contributed by atoms with van der Waals surface area (Å²) < 4.78 is 2.35. The molecule has 2 nitrogen and oxygen atoms in total. The van der Waals surface area contributed by atoms with Gasteiger partial charge in [0.25, 0.3) is 0 Å². The number of para-hydroxylation sites is 1. The maximum Gasteiger partial charge on any atom is 0.0491 e. The Balaban J connectivity index is 0.00000161. The number of benzene rings is 2. The van der Waals surface area contributed by atoms with Crippen LogP contribution in [0.3, 0.4) is 0 Å². The van der Waals surface area contributed by atoms with Crippen LogP contribution in [0.4, 0.5) is 0 Å². The summed E-state index contributed by atoms with van der Waals surface area (Å²) in [7, 11) is 0. The molecule has 0 unspecified atom stereocenters. The van der Waals surface area contributed by atoms with E-state index < -0.39 is 0 Å². The summed E-state index contributed by atoms with van der Waals surface area (Å²) in [5.41, 5.74) is 9.95. The van der Waals surface area contributed by atoms with Crippen molar-refractivity contribution in [3.8, 4) is 0 Å². The van der Waals surface area contributed by atoms with Crippen LogP contribution in [-0.2, 0) is 6.54 Å². The first kappa shape index (κ1) is 15.6. The maximum atomic E-state index is 6.20.